The van der Waals surface area contributed by atoms with Crippen molar-refractivity contribution in [2.75, 3.05) is 5.32 Å². The molecule has 2 N–H and O–H groups in total. The van der Waals surface area contributed by atoms with E-state index in [2.05, 4.69) is 14.9 Å². The Morgan fingerprint density at radius 1 is 1.48 bits per heavy atom. The van der Waals surface area contributed by atoms with Gasteiger partial charge in [-0.25, -0.2) is 4.98 Å². The van der Waals surface area contributed by atoms with Crippen molar-refractivity contribution in [1.82, 2.24) is 9.55 Å². The summed E-state index contributed by atoms with van der Waals surface area (Å²) in [6.07, 6.45) is 0.928. The van der Waals surface area contributed by atoms with E-state index in [1.165, 1.54) is 6.92 Å². The van der Waals surface area contributed by atoms with Crippen molar-refractivity contribution in [2.24, 2.45) is 0 Å². The minimum atomic E-state index is -0.796. The van der Waals surface area contributed by atoms with Gasteiger partial charge in [0.25, 0.3) is 0 Å². The van der Waals surface area contributed by atoms with E-state index in [4.69, 9.17) is 5.11 Å². The van der Waals surface area contributed by atoms with Crippen LogP contribution in [0.1, 0.15) is 37.1 Å². The normalized spacial score (nSPS) is 17.0. The predicted molar refractivity (Wildman–Crippen MR) is 78.4 cm³/mol. The summed E-state index contributed by atoms with van der Waals surface area (Å²) in [5.41, 5.74) is 3.53. The van der Waals surface area contributed by atoms with Gasteiger partial charge in [0.15, 0.2) is 0 Å². The smallest absolute Gasteiger partial charge is 0.304 e. The lowest BCUT2D eigenvalue weighted by Crippen LogP contribution is -2.07. The van der Waals surface area contributed by atoms with Crippen LogP contribution in [-0.2, 0) is 16.1 Å². The highest BCUT2D eigenvalue weighted by Crippen LogP contribution is 2.35. The molecule has 21 heavy (non-hydrogen) atoms. The number of aliphatic carboxylic acids is 1. The number of carboxylic acid groups (broad SMARTS) is 1. The number of hydrogen-bond acceptors (Lipinski definition) is 3. The standard InChI is InChI=1S/C15H17N3O3/c1-8-5-13-12(7-11(8)16-9(2)19)17-15-10(6-14(20)21)3-4-18(13)15/h5,7,10H,3-4,6H2,1-2H3,(H,16,19)(H,20,21). The molecular formula is C15H17N3O3. The molecule has 2 aromatic rings. The number of aryl methyl sites for hydroxylation is 2. The molecule has 1 aliphatic heterocycles. The van der Waals surface area contributed by atoms with Crippen LogP contribution in [0.15, 0.2) is 12.1 Å². The molecule has 0 radical (unpaired) electrons. The minimum absolute atomic E-state index is 0.0283. The third-order valence-corrected chi connectivity index (χ3v) is 3.92. The number of hydrogen-bond donors (Lipinski definition) is 2. The molecule has 0 fully saturated rings. The Kier molecular flexibility index (Phi) is 3.16. The molecule has 0 saturated carbocycles. The number of aromatic nitrogens is 2. The van der Waals surface area contributed by atoms with E-state index < -0.39 is 5.97 Å². The van der Waals surface area contributed by atoms with Gasteiger partial charge in [-0.15, -0.1) is 0 Å². The summed E-state index contributed by atoms with van der Waals surface area (Å²) in [5.74, 6) is -0.102. The van der Waals surface area contributed by atoms with Gasteiger partial charge in [0.2, 0.25) is 5.91 Å². The Morgan fingerprint density at radius 2 is 2.24 bits per heavy atom. The Balaban J connectivity index is 2.06. The molecule has 1 unspecified atom stereocenters. The molecule has 1 aromatic carbocycles. The highest BCUT2D eigenvalue weighted by atomic mass is 16.4. The summed E-state index contributed by atoms with van der Waals surface area (Å²) in [5, 5.41) is 11.8. The number of amides is 1. The fourth-order valence-corrected chi connectivity index (χ4v) is 2.98. The molecule has 6 nitrogen and oxygen atoms in total. The zero-order valence-corrected chi connectivity index (χ0v) is 12.0. The molecule has 6 heteroatoms. The van der Waals surface area contributed by atoms with E-state index in [0.717, 1.165) is 41.1 Å². The molecule has 1 atom stereocenters. The molecule has 0 bridgehead atoms. The van der Waals surface area contributed by atoms with E-state index >= 15 is 0 Å². The number of imidazole rings is 1. The van der Waals surface area contributed by atoms with Gasteiger partial charge < -0.3 is 15.0 Å². The van der Waals surface area contributed by atoms with Crippen LogP contribution in [-0.4, -0.2) is 26.5 Å². The molecule has 110 valence electrons. The summed E-state index contributed by atoms with van der Waals surface area (Å²) >= 11 is 0. The number of carboxylic acids is 1. The van der Waals surface area contributed by atoms with Crippen LogP contribution in [0.3, 0.4) is 0 Å². The van der Waals surface area contributed by atoms with E-state index in [-0.39, 0.29) is 18.2 Å². The summed E-state index contributed by atoms with van der Waals surface area (Å²) in [6, 6.07) is 3.86. The van der Waals surface area contributed by atoms with E-state index in [9.17, 15) is 9.59 Å². The van der Waals surface area contributed by atoms with Crippen molar-refractivity contribution in [2.45, 2.75) is 39.2 Å². The summed E-state index contributed by atoms with van der Waals surface area (Å²) < 4.78 is 2.09. The molecule has 1 amide bonds. The summed E-state index contributed by atoms with van der Waals surface area (Å²) in [4.78, 5) is 26.7. The highest BCUT2D eigenvalue weighted by Gasteiger charge is 2.28. The lowest BCUT2D eigenvalue weighted by Gasteiger charge is -2.07. The van der Waals surface area contributed by atoms with Crippen molar-refractivity contribution < 1.29 is 14.7 Å². The van der Waals surface area contributed by atoms with Gasteiger partial charge in [0, 0.05) is 25.1 Å². The largest absolute Gasteiger partial charge is 0.481 e. The SMILES string of the molecule is CC(=O)Nc1cc2nc3n(c2cc1C)CCC3CC(=O)O. The Bertz CT molecular complexity index is 748. The van der Waals surface area contributed by atoms with Crippen molar-refractivity contribution in [3.05, 3.63) is 23.5 Å². The number of fused-ring (bicyclic) bond motifs is 3. The van der Waals surface area contributed by atoms with E-state index in [1.807, 2.05) is 19.1 Å². The second kappa shape index (κ2) is 4.87. The van der Waals surface area contributed by atoms with Gasteiger partial charge in [0.1, 0.15) is 5.82 Å². The lowest BCUT2D eigenvalue weighted by atomic mass is 10.0. The summed E-state index contributed by atoms with van der Waals surface area (Å²) in [6.45, 7) is 4.21. The van der Waals surface area contributed by atoms with E-state index in [1.54, 1.807) is 0 Å². The maximum absolute atomic E-state index is 11.2. The van der Waals surface area contributed by atoms with Gasteiger partial charge >= 0.3 is 5.97 Å². The molecule has 1 aliphatic rings. The van der Waals surface area contributed by atoms with Crippen LogP contribution in [0.2, 0.25) is 0 Å². The third kappa shape index (κ3) is 2.37. The maximum Gasteiger partial charge on any atom is 0.304 e. The number of nitrogens with zero attached hydrogens (tertiary/aromatic N) is 2. The first-order valence-corrected chi connectivity index (χ1v) is 6.96. The van der Waals surface area contributed by atoms with Gasteiger partial charge in [-0.05, 0) is 31.0 Å². The molecule has 0 spiro atoms. The number of anilines is 1. The minimum Gasteiger partial charge on any atom is -0.481 e. The molecule has 0 saturated heterocycles. The average molecular weight is 287 g/mol. The Labute approximate surface area is 121 Å². The number of rotatable bonds is 3. The van der Waals surface area contributed by atoms with Crippen molar-refractivity contribution in [1.29, 1.82) is 0 Å². The van der Waals surface area contributed by atoms with Crippen molar-refractivity contribution >= 4 is 28.6 Å². The predicted octanol–water partition coefficient (Wildman–Crippen LogP) is 2.27. The Hall–Kier alpha value is -2.37. The first-order chi connectivity index (χ1) is 9.95. The topological polar surface area (TPSA) is 84.2 Å². The molecule has 3 rings (SSSR count). The highest BCUT2D eigenvalue weighted by molar-refractivity contribution is 5.93. The second-order valence-corrected chi connectivity index (χ2v) is 5.54. The summed E-state index contributed by atoms with van der Waals surface area (Å²) in [7, 11) is 0. The molecule has 2 heterocycles. The fraction of sp³-hybridized carbons (Fsp3) is 0.400. The first-order valence-electron chi connectivity index (χ1n) is 6.96. The van der Waals surface area contributed by atoms with Crippen LogP contribution >= 0.6 is 0 Å². The van der Waals surface area contributed by atoms with Crippen LogP contribution in [0.25, 0.3) is 11.0 Å². The van der Waals surface area contributed by atoms with Crippen molar-refractivity contribution in [3.63, 3.8) is 0 Å². The number of carbonyl (C=O) groups is 2. The number of carbonyl (C=O) groups excluding carboxylic acids is 1. The van der Waals surface area contributed by atoms with E-state index in [0.29, 0.717) is 0 Å². The fourth-order valence-electron chi connectivity index (χ4n) is 2.98. The third-order valence-electron chi connectivity index (χ3n) is 3.92. The Morgan fingerprint density at radius 3 is 2.90 bits per heavy atom. The first kappa shape index (κ1) is 13.6. The molecule has 1 aromatic heterocycles. The zero-order valence-electron chi connectivity index (χ0n) is 12.0. The van der Waals surface area contributed by atoms with Crippen LogP contribution in [0.5, 0.6) is 0 Å². The maximum atomic E-state index is 11.2. The van der Waals surface area contributed by atoms with Crippen LogP contribution in [0, 0.1) is 6.92 Å². The monoisotopic (exact) mass is 287 g/mol. The van der Waals surface area contributed by atoms with Crippen LogP contribution < -0.4 is 5.32 Å². The quantitative estimate of drug-likeness (QED) is 0.907. The van der Waals surface area contributed by atoms with Gasteiger partial charge in [-0.2, -0.15) is 0 Å². The molecular weight excluding hydrogens is 270 g/mol. The average Bonchev–Trinajstić information content (AvgIpc) is 2.90. The second-order valence-electron chi connectivity index (χ2n) is 5.54. The van der Waals surface area contributed by atoms with Gasteiger partial charge in [-0.3, -0.25) is 9.59 Å². The molecule has 0 aliphatic carbocycles. The van der Waals surface area contributed by atoms with Crippen molar-refractivity contribution in [3.8, 4) is 0 Å². The number of nitrogens with one attached hydrogen (secondary N) is 1. The lowest BCUT2D eigenvalue weighted by molar-refractivity contribution is -0.137. The zero-order chi connectivity index (χ0) is 15.1. The van der Waals surface area contributed by atoms with Gasteiger partial charge in [0.05, 0.1) is 17.5 Å². The number of benzene rings is 1. The van der Waals surface area contributed by atoms with Gasteiger partial charge in [-0.1, -0.05) is 0 Å². The van der Waals surface area contributed by atoms with Crippen LogP contribution in [0.4, 0.5) is 5.69 Å².